The highest BCUT2D eigenvalue weighted by atomic mass is 79.9. The predicted octanol–water partition coefficient (Wildman–Crippen LogP) is 6.93. The SMILES string of the molecule is O=C(NNC(=S)NCC(F)(F)F)c1ccc(C=CC(c2cc(Cl)c(F)c(Cl)c2)C(F)(F)F)cc1Br. The van der Waals surface area contributed by atoms with Gasteiger partial charge < -0.3 is 5.32 Å². The number of carbonyl (C=O) groups is 1. The minimum atomic E-state index is -4.75. The van der Waals surface area contributed by atoms with Crippen molar-refractivity contribution >= 4 is 68.4 Å². The predicted molar refractivity (Wildman–Crippen MR) is 126 cm³/mol. The van der Waals surface area contributed by atoms with Gasteiger partial charge in [0.25, 0.3) is 5.91 Å². The van der Waals surface area contributed by atoms with E-state index in [9.17, 15) is 35.5 Å². The Balaban J connectivity index is 2.15. The maximum atomic E-state index is 13.6. The Morgan fingerprint density at radius 3 is 2.17 bits per heavy atom. The Labute approximate surface area is 217 Å². The molecular formula is C20H13BrCl2F7N3OS. The zero-order valence-corrected chi connectivity index (χ0v) is 20.8. The maximum Gasteiger partial charge on any atom is 0.405 e. The van der Waals surface area contributed by atoms with Gasteiger partial charge in [0.05, 0.1) is 21.5 Å². The first-order valence-electron chi connectivity index (χ1n) is 9.18. The van der Waals surface area contributed by atoms with Gasteiger partial charge in [-0.05, 0) is 63.5 Å². The molecule has 0 heterocycles. The molecule has 0 aliphatic carbocycles. The average Bonchev–Trinajstić information content (AvgIpc) is 2.73. The fourth-order valence-corrected chi connectivity index (χ4v) is 3.80. The third kappa shape index (κ3) is 8.81. The van der Waals surface area contributed by atoms with Crippen molar-refractivity contribution in [3.05, 3.63) is 73.4 Å². The first-order valence-corrected chi connectivity index (χ1v) is 11.1. The van der Waals surface area contributed by atoms with Crippen LogP contribution in [0.1, 0.15) is 27.4 Å². The molecule has 0 aliphatic heterocycles. The molecule has 0 aliphatic rings. The quantitative estimate of drug-likeness (QED) is 0.146. The first kappa shape index (κ1) is 29.1. The fraction of sp³-hybridized carbons (Fsp3) is 0.200. The Bertz CT molecular complexity index is 1120. The highest BCUT2D eigenvalue weighted by molar-refractivity contribution is 9.10. The lowest BCUT2D eigenvalue weighted by Crippen LogP contribution is -2.48. The second-order valence-corrected chi connectivity index (χ2v) is 8.87. The minimum Gasteiger partial charge on any atom is -0.352 e. The third-order valence-corrected chi connectivity index (χ3v) is 5.63. The minimum absolute atomic E-state index is 0.0118. The van der Waals surface area contributed by atoms with Crippen molar-refractivity contribution in [2.24, 2.45) is 0 Å². The van der Waals surface area contributed by atoms with E-state index in [1.807, 2.05) is 5.32 Å². The summed E-state index contributed by atoms with van der Waals surface area (Å²) in [6, 6.07) is 5.59. The largest absolute Gasteiger partial charge is 0.405 e. The molecule has 3 N–H and O–H groups in total. The molecule has 0 radical (unpaired) electrons. The van der Waals surface area contributed by atoms with Crippen LogP contribution in [0.4, 0.5) is 30.7 Å². The smallest absolute Gasteiger partial charge is 0.352 e. The number of benzene rings is 2. The number of hydrazine groups is 1. The van der Waals surface area contributed by atoms with E-state index in [-0.39, 0.29) is 21.2 Å². The van der Waals surface area contributed by atoms with Crippen molar-refractivity contribution < 1.29 is 35.5 Å². The summed E-state index contributed by atoms with van der Waals surface area (Å²) in [6.45, 7) is -1.41. The highest BCUT2D eigenvalue weighted by Crippen LogP contribution is 2.39. The summed E-state index contributed by atoms with van der Waals surface area (Å²) < 4.78 is 91.1. The maximum absolute atomic E-state index is 13.6. The molecule has 0 fully saturated rings. The monoisotopic (exact) mass is 625 g/mol. The van der Waals surface area contributed by atoms with Crippen LogP contribution in [0.15, 0.2) is 40.9 Å². The Kier molecular flexibility index (Phi) is 9.79. The van der Waals surface area contributed by atoms with Crippen LogP contribution < -0.4 is 16.2 Å². The summed E-state index contributed by atoms with van der Waals surface area (Å²) >= 11 is 19.0. The van der Waals surface area contributed by atoms with Crippen molar-refractivity contribution in [1.29, 1.82) is 0 Å². The van der Waals surface area contributed by atoms with Crippen LogP contribution in [0.3, 0.4) is 0 Å². The van der Waals surface area contributed by atoms with Crippen molar-refractivity contribution in [3.8, 4) is 0 Å². The normalized spacial score (nSPS) is 13.0. The zero-order chi connectivity index (χ0) is 26.6. The molecule has 1 atom stereocenters. The summed E-state index contributed by atoms with van der Waals surface area (Å²) in [5.41, 5.74) is 4.09. The van der Waals surface area contributed by atoms with Gasteiger partial charge in [-0.3, -0.25) is 15.6 Å². The van der Waals surface area contributed by atoms with Crippen molar-refractivity contribution in [3.63, 3.8) is 0 Å². The number of nitrogens with one attached hydrogen (secondary N) is 3. The van der Waals surface area contributed by atoms with E-state index in [2.05, 4.69) is 39.0 Å². The Hall–Kier alpha value is -2.09. The van der Waals surface area contributed by atoms with Crippen molar-refractivity contribution in [2.75, 3.05) is 6.54 Å². The lowest BCUT2D eigenvalue weighted by atomic mass is 9.97. The number of rotatable bonds is 5. The van der Waals surface area contributed by atoms with E-state index >= 15 is 0 Å². The van der Waals surface area contributed by atoms with Crippen LogP contribution in [0.25, 0.3) is 6.08 Å². The van der Waals surface area contributed by atoms with Crippen LogP contribution in [-0.2, 0) is 0 Å². The highest BCUT2D eigenvalue weighted by Gasteiger charge is 2.39. The Morgan fingerprint density at radius 2 is 1.66 bits per heavy atom. The van der Waals surface area contributed by atoms with E-state index in [1.54, 1.807) is 0 Å². The van der Waals surface area contributed by atoms with Gasteiger partial charge in [0.15, 0.2) is 10.9 Å². The number of halogens is 10. The lowest BCUT2D eigenvalue weighted by molar-refractivity contribution is -0.139. The van der Waals surface area contributed by atoms with Crippen molar-refractivity contribution in [1.82, 2.24) is 16.2 Å². The number of allylic oxidation sites excluding steroid dienone is 1. The van der Waals surface area contributed by atoms with Gasteiger partial charge in [0, 0.05) is 4.47 Å². The van der Waals surface area contributed by atoms with E-state index < -0.39 is 51.7 Å². The number of hydrogen-bond acceptors (Lipinski definition) is 2. The molecule has 0 bridgehead atoms. The molecule has 35 heavy (non-hydrogen) atoms. The molecule has 1 amide bonds. The molecule has 2 aromatic carbocycles. The van der Waals surface area contributed by atoms with Crippen LogP contribution in [-0.4, -0.2) is 29.9 Å². The van der Waals surface area contributed by atoms with Gasteiger partial charge in [-0.2, -0.15) is 26.3 Å². The fourth-order valence-electron chi connectivity index (χ4n) is 2.60. The van der Waals surface area contributed by atoms with Gasteiger partial charge >= 0.3 is 12.4 Å². The number of carbonyl (C=O) groups excluding carboxylic acids is 1. The van der Waals surface area contributed by atoms with Gasteiger partial charge in [0.1, 0.15) is 6.54 Å². The lowest BCUT2D eigenvalue weighted by Gasteiger charge is -2.18. The van der Waals surface area contributed by atoms with Crippen LogP contribution >= 0.6 is 51.3 Å². The zero-order valence-electron chi connectivity index (χ0n) is 16.9. The number of hydrogen-bond donors (Lipinski definition) is 3. The molecule has 0 saturated carbocycles. The van der Waals surface area contributed by atoms with Gasteiger partial charge in [-0.25, -0.2) is 4.39 Å². The van der Waals surface area contributed by atoms with E-state index in [1.165, 1.54) is 18.2 Å². The standard InChI is InChI=1S/C20H13BrCl2F7N3OS/c21-13-5-9(1-3-11(13)17(34)32-33-18(35)31-8-19(25,26)27)2-4-12(20(28,29)30)10-6-14(22)16(24)15(23)7-10/h1-7,12H,8H2,(H,32,34)(H2,31,33,35). The van der Waals surface area contributed by atoms with Gasteiger partial charge in [-0.15, -0.1) is 0 Å². The molecule has 0 spiro atoms. The molecule has 190 valence electrons. The summed E-state index contributed by atoms with van der Waals surface area (Å²) in [4.78, 5) is 12.2. The Morgan fingerprint density at radius 1 is 1.06 bits per heavy atom. The van der Waals surface area contributed by atoms with Crippen LogP contribution in [0.5, 0.6) is 0 Å². The van der Waals surface area contributed by atoms with Crippen LogP contribution in [0.2, 0.25) is 10.0 Å². The first-order chi connectivity index (χ1) is 16.1. The summed E-state index contributed by atoms with van der Waals surface area (Å²) in [5.74, 6) is -3.98. The summed E-state index contributed by atoms with van der Waals surface area (Å²) in [6.07, 6.45) is -7.32. The number of amides is 1. The van der Waals surface area contributed by atoms with Crippen LogP contribution in [0, 0.1) is 5.82 Å². The second-order valence-electron chi connectivity index (χ2n) is 6.79. The molecule has 0 saturated heterocycles. The van der Waals surface area contributed by atoms with E-state index in [0.29, 0.717) is 0 Å². The van der Waals surface area contributed by atoms with E-state index in [0.717, 1.165) is 24.3 Å². The topological polar surface area (TPSA) is 53.2 Å². The number of thiocarbonyl (C=S) groups is 1. The second kappa shape index (κ2) is 11.8. The van der Waals surface area contributed by atoms with Gasteiger partial charge in [0.2, 0.25) is 0 Å². The molecule has 1 unspecified atom stereocenters. The van der Waals surface area contributed by atoms with Crippen molar-refractivity contribution in [2.45, 2.75) is 18.3 Å². The summed E-state index contributed by atoms with van der Waals surface area (Å²) in [7, 11) is 0. The summed E-state index contributed by atoms with van der Waals surface area (Å²) in [5, 5.41) is 0.245. The molecule has 0 aromatic heterocycles. The molecule has 2 aromatic rings. The van der Waals surface area contributed by atoms with Gasteiger partial charge in [-0.1, -0.05) is 41.4 Å². The third-order valence-electron chi connectivity index (χ3n) is 4.18. The van der Waals surface area contributed by atoms with E-state index in [4.69, 9.17) is 23.2 Å². The number of alkyl halides is 6. The molecule has 4 nitrogen and oxygen atoms in total. The molecule has 15 heteroatoms. The molecule has 2 rings (SSSR count). The molecular weight excluding hydrogens is 614 g/mol. The average molecular weight is 627 g/mol.